The monoisotopic (exact) mass is 432 g/mol. The second kappa shape index (κ2) is 9.52. The molecule has 11 heteroatoms. The van der Waals surface area contributed by atoms with Gasteiger partial charge in [-0.05, 0) is 31.2 Å². The van der Waals surface area contributed by atoms with Gasteiger partial charge >= 0.3 is 0 Å². The van der Waals surface area contributed by atoms with E-state index in [2.05, 4.69) is 25.8 Å². The van der Waals surface area contributed by atoms with Crippen molar-refractivity contribution in [2.75, 3.05) is 12.4 Å². The van der Waals surface area contributed by atoms with E-state index in [-0.39, 0.29) is 23.6 Å². The third kappa shape index (κ3) is 5.33. The number of carbonyl (C=O) groups is 2. The van der Waals surface area contributed by atoms with Gasteiger partial charge in [0, 0.05) is 24.2 Å². The highest BCUT2D eigenvalue weighted by molar-refractivity contribution is 8.00. The number of carbonyl (C=O) groups excluding carboxylic acids is 2. The number of hydrogen-bond acceptors (Lipinski definition) is 8. The number of hydrogen-bond donors (Lipinski definition) is 2. The molecule has 0 spiro atoms. The summed E-state index contributed by atoms with van der Waals surface area (Å²) < 4.78 is 6.84. The van der Waals surface area contributed by atoms with Gasteiger partial charge in [-0.15, -0.1) is 21.5 Å². The lowest BCUT2D eigenvalue weighted by Crippen LogP contribution is -2.24. The van der Waals surface area contributed by atoms with Crippen molar-refractivity contribution in [3.63, 3.8) is 0 Å². The van der Waals surface area contributed by atoms with E-state index in [1.54, 1.807) is 61.5 Å². The molecule has 152 valence electrons. The van der Waals surface area contributed by atoms with E-state index in [0.717, 1.165) is 0 Å². The first-order chi connectivity index (χ1) is 14.0. The van der Waals surface area contributed by atoms with Crippen LogP contribution in [0.2, 0.25) is 0 Å². The lowest BCUT2D eigenvalue weighted by Gasteiger charge is -2.10. The third-order valence-electron chi connectivity index (χ3n) is 4.00. The maximum absolute atomic E-state index is 12.3. The van der Waals surface area contributed by atoms with Crippen molar-refractivity contribution < 1.29 is 14.3 Å². The Hall–Kier alpha value is -2.92. The normalized spacial score (nSPS) is 11.7. The Bertz CT molecular complexity index is 972. The van der Waals surface area contributed by atoms with Gasteiger partial charge in [0.15, 0.2) is 16.1 Å². The van der Waals surface area contributed by atoms with Crippen LogP contribution in [0.1, 0.15) is 23.1 Å². The first-order valence-electron chi connectivity index (χ1n) is 8.65. The Morgan fingerprint density at radius 1 is 1.28 bits per heavy atom. The van der Waals surface area contributed by atoms with E-state index in [0.29, 0.717) is 27.4 Å². The number of methoxy groups -OCH3 is 1. The smallest absolute Gasteiger partial charge is 0.251 e. The summed E-state index contributed by atoms with van der Waals surface area (Å²) in [6.45, 7) is 2.00. The van der Waals surface area contributed by atoms with Crippen LogP contribution in [-0.2, 0) is 18.4 Å². The van der Waals surface area contributed by atoms with E-state index in [1.165, 1.54) is 23.1 Å². The fourth-order valence-electron chi connectivity index (χ4n) is 2.31. The summed E-state index contributed by atoms with van der Waals surface area (Å²) in [5, 5.41) is 16.4. The number of anilines is 1. The average molecular weight is 433 g/mol. The number of ether oxygens (including phenoxy) is 1. The topological polar surface area (TPSA) is 111 Å². The Morgan fingerprint density at radius 3 is 2.69 bits per heavy atom. The number of nitrogens with one attached hydrogen (secondary N) is 2. The van der Waals surface area contributed by atoms with Crippen LogP contribution in [0.15, 0.2) is 41.0 Å². The fourth-order valence-corrected chi connectivity index (χ4v) is 3.67. The van der Waals surface area contributed by atoms with Crippen molar-refractivity contribution in [2.24, 2.45) is 7.05 Å². The molecule has 0 radical (unpaired) electrons. The molecule has 2 aromatic heterocycles. The van der Waals surface area contributed by atoms with Crippen molar-refractivity contribution in [1.29, 1.82) is 0 Å². The molecule has 0 saturated carbocycles. The number of aromatic nitrogens is 4. The molecule has 1 aromatic carbocycles. The highest BCUT2D eigenvalue weighted by atomic mass is 32.2. The molecule has 0 aliphatic heterocycles. The summed E-state index contributed by atoms with van der Waals surface area (Å²) in [4.78, 5) is 28.6. The zero-order valence-corrected chi connectivity index (χ0v) is 17.7. The van der Waals surface area contributed by atoms with Crippen LogP contribution >= 0.6 is 23.1 Å². The minimum Gasteiger partial charge on any atom is -0.497 e. The highest BCUT2D eigenvalue weighted by Crippen LogP contribution is 2.23. The molecule has 3 aromatic rings. The molecule has 29 heavy (non-hydrogen) atoms. The van der Waals surface area contributed by atoms with E-state index >= 15 is 0 Å². The molecule has 1 atom stereocenters. The second-order valence-corrected chi connectivity index (χ2v) is 8.16. The van der Waals surface area contributed by atoms with Gasteiger partial charge in [-0.3, -0.25) is 9.59 Å². The summed E-state index contributed by atoms with van der Waals surface area (Å²) in [6.07, 6.45) is 1.63. The Morgan fingerprint density at radius 2 is 2.03 bits per heavy atom. The van der Waals surface area contributed by atoms with Crippen LogP contribution in [0.4, 0.5) is 5.13 Å². The standard InChI is InChI=1S/C18H20N6O3S2/c1-11(15(25)21-17-19-8-9-28-17)29-18-23-22-14(24(18)2)10-20-16(26)12-4-6-13(27-3)7-5-12/h4-9,11H,10H2,1-3H3,(H,20,26)(H,19,21,25)/t11-/m0/s1. The summed E-state index contributed by atoms with van der Waals surface area (Å²) >= 11 is 2.64. The molecule has 3 rings (SSSR count). The maximum atomic E-state index is 12.3. The summed E-state index contributed by atoms with van der Waals surface area (Å²) in [5.74, 6) is 0.884. The van der Waals surface area contributed by atoms with E-state index in [4.69, 9.17) is 4.74 Å². The van der Waals surface area contributed by atoms with Crippen molar-refractivity contribution in [2.45, 2.75) is 23.9 Å². The first kappa shape index (κ1) is 20.8. The first-order valence-corrected chi connectivity index (χ1v) is 10.4. The number of thiazole rings is 1. The van der Waals surface area contributed by atoms with Crippen LogP contribution < -0.4 is 15.4 Å². The van der Waals surface area contributed by atoms with Crippen LogP contribution in [0, 0.1) is 0 Å². The van der Waals surface area contributed by atoms with Gasteiger partial charge in [0.05, 0.1) is 18.9 Å². The van der Waals surface area contributed by atoms with Crippen LogP contribution in [0.3, 0.4) is 0 Å². The lowest BCUT2D eigenvalue weighted by molar-refractivity contribution is -0.115. The SMILES string of the molecule is COc1ccc(C(=O)NCc2nnc(S[C@@H](C)C(=O)Nc3nccs3)n2C)cc1. The number of rotatable bonds is 8. The molecule has 0 saturated heterocycles. The highest BCUT2D eigenvalue weighted by Gasteiger charge is 2.20. The summed E-state index contributed by atoms with van der Waals surface area (Å²) in [7, 11) is 3.37. The predicted octanol–water partition coefficient (Wildman–Crippen LogP) is 2.33. The van der Waals surface area contributed by atoms with E-state index < -0.39 is 0 Å². The zero-order valence-electron chi connectivity index (χ0n) is 16.1. The van der Waals surface area contributed by atoms with Gasteiger partial charge in [0.2, 0.25) is 5.91 Å². The summed E-state index contributed by atoms with van der Waals surface area (Å²) in [6, 6.07) is 6.83. The minimum atomic E-state index is -0.386. The molecule has 0 aliphatic rings. The van der Waals surface area contributed by atoms with Gasteiger partial charge in [0.1, 0.15) is 5.75 Å². The second-order valence-electron chi connectivity index (χ2n) is 5.96. The van der Waals surface area contributed by atoms with Crippen LogP contribution in [-0.4, -0.2) is 43.9 Å². The number of nitrogens with zero attached hydrogens (tertiary/aromatic N) is 4. The Balaban J connectivity index is 1.55. The molecule has 0 aliphatic carbocycles. The number of thioether (sulfide) groups is 1. The van der Waals surface area contributed by atoms with Gasteiger partial charge in [0.25, 0.3) is 5.91 Å². The van der Waals surface area contributed by atoms with E-state index in [1.807, 2.05) is 0 Å². The minimum absolute atomic E-state index is 0.165. The fraction of sp³-hybridized carbons (Fsp3) is 0.278. The number of benzene rings is 1. The summed E-state index contributed by atoms with van der Waals surface area (Å²) in [5.41, 5.74) is 0.523. The molecule has 0 fully saturated rings. The van der Waals surface area contributed by atoms with E-state index in [9.17, 15) is 9.59 Å². The Kier molecular flexibility index (Phi) is 6.83. The zero-order chi connectivity index (χ0) is 20.8. The van der Waals surface area contributed by atoms with Gasteiger partial charge in [-0.2, -0.15) is 0 Å². The van der Waals surface area contributed by atoms with Crippen molar-refractivity contribution >= 4 is 40.0 Å². The number of amides is 2. The quantitative estimate of drug-likeness (QED) is 0.526. The predicted molar refractivity (Wildman–Crippen MR) is 111 cm³/mol. The maximum Gasteiger partial charge on any atom is 0.251 e. The van der Waals surface area contributed by atoms with Gasteiger partial charge in [-0.1, -0.05) is 11.8 Å². The molecule has 0 unspecified atom stereocenters. The molecule has 2 heterocycles. The molecular weight excluding hydrogens is 412 g/mol. The van der Waals surface area contributed by atoms with Gasteiger partial charge < -0.3 is 19.9 Å². The lowest BCUT2D eigenvalue weighted by atomic mass is 10.2. The van der Waals surface area contributed by atoms with Crippen LogP contribution in [0.5, 0.6) is 5.75 Å². The Labute approximate surface area is 175 Å². The van der Waals surface area contributed by atoms with Crippen molar-refractivity contribution in [3.05, 3.63) is 47.2 Å². The van der Waals surface area contributed by atoms with Crippen LogP contribution in [0.25, 0.3) is 0 Å². The van der Waals surface area contributed by atoms with Crippen molar-refractivity contribution in [3.8, 4) is 5.75 Å². The molecular formula is C18H20N6O3S2. The largest absolute Gasteiger partial charge is 0.497 e. The third-order valence-corrected chi connectivity index (χ3v) is 5.82. The molecule has 2 amide bonds. The average Bonchev–Trinajstić information content (AvgIpc) is 3.36. The molecule has 2 N–H and O–H groups in total. The van der Waals surface area contributed by atoms with Gasteiger partial charge in [-0.25, -0.2) is 4.98 Å². The molecule has 0 bridgehead atoms. The molecule has 9 nitrogen and oxygen atoms in total. The van der Waals surface area contributed by atoms with Crippen molar-refractivity contribution in [1.82, 2.24) is 25.1 Å².